The highest BCUT2D eigenvalue weighted by molar-refractivity contribution is 5.39. The van der Waals surface area contributed by atoms with Crippen molar-refractivity contribution in [2.75, 3.05) is 19.6 Å². The quantitative estimate of drug-likeness (QED) is 0.766. The summed E-state index contributed by atoms with van der Waals surface area (Å²) in [6.07, 6.45) is 7.61. The number of quaternary nitrogens is 1. The lowest BCUT2D eigenvalue weighted by Gasteiger charge is -2.50. The monoisotopic (exact) mass is 368 g/mol. The zero-order valence-electron chi connectivity index (χ0n) is 17.1. The number of rotatable bonds is 1. The number of hydrogen-bond donors (Lipinski definition) is 1. The Morgan fingerprint density at radius 3 is 2.59 bits per heavy atom. The first-order chi connectivity index (χ1) is 13.0. The number of benzene rings is 1. The largest absolute Gasteiger partial charge is 0.487 e. The molecule has 3 nitrogen and oxygen atoms in total. The van der Waals surface area contributed by atoms with E-state index in [0.717, 1.165) is 25.1 Å². The van der Waals surface area contributed by atoms with Gasteiger partial charge in [-0.05, 0) is 71.3 Å². The topological polar surface area (TPSA) is 22.9 Å². The van der Waals surface area contributed by atoms with Crippen LogP contribution in [0, 0.1) is 17.8 Å². The van der Waals surface area contributed by atoms with Gasteiger partial charge in [-0.1, -0.05) is 24.1 Å². The number of hydrogen-bond acceptors (Lipinski definition) is 2. The van der Waals surface area contributed by atoms with Crippen LogP contribution in [0.3, 0.4) is 0 Å². The molecule has 0 radical (unpaired) electrons. The minimum absolute atomic E-state index is 0.0727. The first-order valence-corrected chi connectivity index (χ1v) is 10.8. The van der Waals surface area contributed by atoms with E-state index in [0.29, 0.717) is 5.92 Å². The van der Waals surface area contributed by atoms with Crippen molar-refractivity contribution in [1.82, 2.24) is 0 Å². The molecule has 27 heavy (non-hydrogen) atoms. The number of para-hydroxylation sites is 1. The van der Waals surface area contributed by atoms with Crippen LogP contribution < -0.4 is 9.64 Å². The standard InChI is InChI=1S/C24H33NO2/c1-23(2)20-13-15-24(3,14-10-18-25-16-8-4-5-9-17-25)27-22(20)19-11-6-7-12-21(19)26-23/h6-7,11-12,20,22H,4-5,8-9,13,15-18H2,1-3H3/p+1/t20-,22+,24-/m0/s1. The molecule has 2 fully saturated rings. The Bertz CT molecular complexity index is 723. The molecule has 0 bridgehead atoms. The summed E-state index contributed by atoms with van der Waals surface area (Å²) in [4.78, 5) is 1.65. The second kappa shape index (κ2) is 7.49. The summed E-state index contributed by atoms with van der Waals surface area (Å²) in [5.74, 6) is 8.35. The molecular formula is C24H34NO2+. The maximum Gasteiger partial charge on any atom is 0.139 e. The Kier molecular flexibility index (Phi) is 5.23. The minimum atomic E-state index is -0.354. The Hall–Kier alpha value is -1.50. The predicted molar refractivity (Wildman–Crippen MR) is 108 cm³/mol. The molecule has 0 saturated carbocycles. The molecule has 0 unspecified atom stereocenters. The number of ether oxygens (including phenoxy) is 2. The Labute approximate surface area is 164 Å². The first-order valence-electron chi connectivity index (χ1n) is 10.8. The van der Waals surface area contributed by atoms with Gasteiger partial charge in [0, 0.05) is 11.5 Å². The molecule has 4 rings (SSSR count). The maximum atomic E-state index is 6.69. The molecular weight excluding hydrogens is 334 g/mol. The molecule has 3 aliphatic rings. The zero-order valence-corrected chi connectivity index (χ0v) is 17.1. The molecule has 3 aliphatic heterocycles. The highest BCUT2D eigenvalue weighted by Crippen LogP contribution is 2.52. The number of nitrogens with one attached hydrogen (secondary N) is 1. The van der Waals surface area contributed by atoms with Crippen molar-refractivity contribution >= 4 is 0 Å². The fraction of sp³-hybridized carbons (Fsp3) is 0.667. The molecule has 1 N–H and O–H groups in total. The van der Waals surface area contributed by atoms with E-state index < -0.39 is 0 Å². The van der Waals surface area contributed by atoms with Gasteiger partial charge < -0.3 is 14.4 Å². The lowest BCUT2D eigenvalue weighted by atomic mass is 9.73. The van der Waals surface area contributed by atoms with Crippen LogP contribution in [-0.2, 0) is 4.74 Å². The lowest BCUT2D eigenvalue weighted by Crippen LogP contribution is -3.11. The number of likely N-dealkylation sites (tertiary alicyclic amines) is 1. The van der Waals surface area contributed by atoms with Crippen LogP contribution in [0.2, 0.25) is 0 Å². The maximum absolute atomic E-state index is 6.69. The van der Waals surface area contributed by atoms with Gasteiger partial charge in [0.1, 0.15) is 23.5 Å². The van der Waals surface area contributed by atoms with E-state index >= 15 is 0 Å². The van der Waals surface area contributed by atoms with Gasteiger partial charge in [-0.3, -0.25) is 0 Å². The summed E-state index contributed by atoms with van der Waals surface area (Å²) in [6.45, 7) is 10.1. The summed E-state index contributed by atoms with van der Waals surface area (Å²) in [5.41, 5.74) is 0.629. The van der Waals surface area contributed by atoms with Crippen molar-refractivity contribution in [2.24, 2.45) is 5.92 Å². The van der Waals surface area contributed by atoms with Gasteiger partial charge in [0.15, 0.2) is 0 Å². The van der Waals surface area contributed by atoms with Crippen LogP contribution in [0.4, 0.5) is 0 Å². The van der Waals surface area contributed by atoms with Crippen LogP contribution >= 0.6 is 0 Å². The van der Waals surface area contributed by atoms with Gasteiger partial charge in [0.05, 0.1) is 19.2 Å². The van der Waals surface area contributed by atoms with Gasteiger partial charge in [0.2, 0.25) is 0 Å². The van der Waals surface area contributed by atoms with E-state index in [2.05, 4.69) is 50.8 Å². The van der Waals surface area contributed by atoms with Gasteiger partial charge in [-0.2, -0.15) is 0 Å². The van der Waals surface area contributed by atoms with Gasteiger partial charge in [-0.15, -0.1) is 0 Å². The van der Waals surface area contributed by atoms with Crippen molar-refractivity contribution in [3.8, 4) is 17.6 Å². The van der Waals surface area contributed by atoms with Crippen molar-refractivity contribution < 1.29 is 14.4 Å². The highest BCUT2D eigenvalue weighted by atomic mass is 16.5. The van der Waals surface area contributed by atoms with E-state index in [4.69, 9.17) is 9.47 Å². The van der Waals surface area contributed by atoms with Crippen LogP contribution in [-0.4, -0.2) is 30.8 Å². The van der Waals surface area contributed by atoms with Gasteiger partial charge in [0.25, 0.3) is 0 Å². The molecule has 3 heterocycles. The van der Waals surface area contributed by atoms with E-state index in [1.165, 1.54) is 44.3 Å². The third-order valence-electron chi connectivity index (χ3n) is 6.68. The zero-order chi connectivity index (χ0) is 18.9. The molecule has 3 heteroatoms. The van der Waals surface area contributed by atoms with Gasteiger partial charge >= 0.3 is 0 Å². The molecule has 146 valence electrons. The molecule has 1 aromatic rings. The predicted octanol–water partition coefficient (Wildman–Crippen LogP) is 3.55. The first kappa shape index (κ1) is 18.8. The Morgan fingerprint density at radius 1 is 1.07 bits per heavy atom. The summed E-state index contributed by atoms with van der Waals surface area (Å²) in [7, 11) is 0. The van der Waals surface area contributed by atoms with Gasteiger partial charge in [-0.25, -0.2) is 0 Å². The summed E-state index contributed by atoms with van der Waals surface area (Å²) in [5, 5.41) is 0. The molecule has 0 aromatic heterocycles. The third-order valence-corrected chi connectivity index (χ3v) is 6.68. The minimum Gasteiger partial charge on any atom is -0.487 e. The average Bonchev–Trinajstić information content (AvgIpc) is 2.90. The normalized spacial score (nSPS) is 32.9. The summed E-state index contributed by atoms with van der Waals surface area (Å²) in [6, 6.07) is 8.35. The summed E-state index contributed by atoms with van der Waals surface area (Å²) >= 11 is 0. The lowest BCUT2D eigenvalue weighted by molar-refractivity contribution is -0.891. The van der Waals surface area contributed by atoms with E-state index in [9.17, 15) is 0 Å². The molecule has 2 saturated heterocycles. The number of fused-ring (bicyclic) bond motifs is 3. The van der Waals surface area contributed by atoms with Crippen molar-refractivity contribution in [3.05, 3.63) is 29.8 Å². The molecule has 3 atom stereocenters. The van der Waals surface area contributed by atoms with E-state index in [1.54, 1.807) is 4.90 Å². The van der Waals surface area contributed by atoms with Crippen LogP contribution in [0.15, 0.2) is 24.3 Å². The Morgan fingerprint density at radius 2 is 1.81 bits per heavy atom. The van der Waals surface area contributed by atoms with E-state index in [1.807, 2.05) is 6.07 Å². The Balaban J connectivity index is 1.50. The molecule has 0 amide bonds. The highest BCUT2D eigenvalue weighted by Gasteiger charge is 2.49. The second-order valence-electron chi connectivity index (χ2n) is 9.30. The molecule has 0 aliphatic carbocycles. The average molecular weight is 369 g/mol. The van der Waals surface area contributed by atoms with Crippen LogP contribution in [0.5, 0.6) is 5.75 Å². The fourth-order valence-corrected chi connectivity index (χ4v) is 5.02. The van der Waals surface area contributed by atoms with Crippen molar-refractivity contribution in [2.45, 2.75) is 76.6 Å². The van der Waals surface area contributed by atoms with Crippen molar-refractivity contribution in [1.29, 1.82) is 0 Å². The summed E-state index contributed by atoms with van der Waals surface area (Å²) < 4.78 is 13.0. The van der Waals surface area contributed by atoms with Crippen molar-refractivity contribution in [3.63, 3.8) is 0 Å². The molecule has 1 aromatic carbocycles. The molecule has 0 spiro atoms. The second-order valence-corrected chi connectivity index (χ2v) is 9.30. The third kappa shape index (κ3) is 4.03. The smallest absolute Gasteiger partial charge is 0.139 e. The van der Waals surface area contributed by atoms with Crippen LogP contribution in [0.1, 0.15) is 71.0 Å². The SMILES string of the molecule is CC1(C)Oc2ccccc2[C@H]2O[C@@](C)(C#CC[NH+]3CCCCCC3)CC[C@@H]21. The van der Waals surface area contributed by atoms with Crippen LogP contribution in [0.25, 0.3) is 0 Å². The van der Waals surface area contributed by atoms with E-state index in [-0.39, 0.29) is 17.3 Å². The fourth-order valence-electron chi connectivity index (χ4n) is 5.02.